The van der Waals surface area contributed by atoms with E-state index in [0.717, 1.165) is 44.1 Å². The van der Waals surface area contributed by atoms with Crippen molar-refractivity contribution in [1.29, 1.82) is 0 Å². The summed E-state index contributed by atoms with van der Waals surface area (Å²) in [4.78, 5) is 13.7. The van der Waals surface area contributed by atoms with Crippen LogP contribution in [0, 0.1) is 5.41 Å². The van der Waals surface area contributed by atoms with E-state index in [-0.39, 0.29) is 12.6 Å². The average Bonchev–Trinajstić information content (AvgIpc) is 3.25. The maximum Gasteiger partial charge on any atom is 0.134 e. The molecule has 0 aromatic carbocycles. The summed E-state index contributed by atoms with van der Waals surface area (Å²) in [5.41, 5.74) is 0.642. The van der Waals surface area contributed by atoms with E-state index in [2.05, 4.69) is 25.8 Å². The van der Waals surface area contributed by atoms with Crippen molar-refractivity contribution in [2.45, 2.75) is 57.4 Å². The molecule has 2 saturated heterocycles. The number of hydrogen-bond donors (Lipinski definition) is 1. The van der Waals surface area contributed by atoms with Gasteiger partial charge in [0.25, 0.3) is 0 Å². The molecule has 3 heterocycles. The van der Waals surface area contributed by atoms with Crippen LogP contribution < -0.4 is 9.80 Å². The third-order valence-corrected chi connectivity index (χ3v) is 6.33. The van der Waals surface area contributed by atoms with E-state index in [1.807, 2.05) is 0 Å². The number of aliphatic hydroxyl groups excluding tert-OH is 1. The van der Waals surface area contributed by atoms with Gasteiger partial charge in [-0.25, -0.2) is 9.97 Å². The van der Waals surface area contributed by atoms with Gasteiger partial charge in [-0.2, -0.15) is 0 Å². The lowest BCUT2D eigenvalue weighted by molar-refractivity contribution is 0.226. The molecule has 1 aromatic rings. The molecule has 1 aromatic heterocycles. The SMILES string of the molecule is OCC1CCCN1c1cc(N2CCC3(CCCC3)CC2)ncn1. The molecule has 1 N–H and O–H groups in total. The van der Waals surface area contributed by atoms with Crippen LogP contribution in [0.2, 0.25) is 0 Å². The van der Waals surface area contributed by atoms with Gasteiger partial charge in [-0.1, -0.05) is 12.8 Å². The van der Waals surface area contributed by atoms with Gasteiger partial charge in [-0.05, 0) is 43.9 Å². The first kappa shape index (κ1) is 15.2. The Labute approximate surface area is 138 Å². The van der Waals surface area contributed by atoms with Gasteiger partial charge in [0.05, 0.1) is 12.6 Å². The molecule has 4 rings (SSSR count). The monoisotopic (exact) mass is 316 g/mol. The van der Waals surface area contributed by atoms with Crippen LogP contribution in [0.4, 0.5) is 11.6 Å². The minimum Gasteiger partial charge on any atom is -0.394 e. The lowest BCUT2D eigenvalue weighted by Gasteiger charge is -2.40. The van der Waals surface area contributed by atoms with Crippen molar-refractivity contribution < 1.29 is 5.11 Å². The van der Waals surface area contributed by atoms with Crippen molar-refractivity contribution >= 4 is 11.6 Å². The molecule has 126 valence electrons. The third kappa shape index (κ3) is 2.91. The highest BCUT2D eigenvalue weighted by Gasteiger charge is 2.37. The van der Waals surface area contributed by atoms with Crippen LogP contribution in [-0.2, 0) is 0 Å². The summed E-state index contributed by atoms with van der Waals surface area (Å²) >= 11 is 0. The number of piperidine rings is 1. The van der Waals surface area contributed by atoms with Gasteiger partial charge in [-0.3, -0.25) is 0 Å². The number of hydrogen-bond acceptors (Lipinski definition) is 5. The topological polar surface area (TPSA) is 52.5 Å². The Bertz CT molecular complexity index is 534. The van der Waals surface area contributed by atoms with Gasteiger partial charge in [0, 0.05) is 25.7 Å². The standard InChI is InChI=1S/C18H28N4O/c23-13-15-4-3-9-22(15)17-12-16(19-14-20-17)21-10-7-18(8-11-21)5-1-2-6-18/h12,14-15,23H,1-11,13H2. The van der Waals surface area contributed by atoms with E-state index in [9.17, 15) is 5.11 Å². The van der Waals surface area contributed by atoms with Crippen molar-refractivity contribution in [2.75, 3.05) is 36.0 Å². The molecule has 1 aliphatic carbocycles. The molecule has 0 radical (unpaired) electrons. The zero-order valence-corrected chi connectivity index (χ0v) is 14.0. The molecule has 2 aliphatic heterocycles. The van der Waals surface area contributed by atoms with Gasteiger partial charge in [0.2, 0.25) is 0 Å². The van der Waals surface area contributed by atoms with E-state index < -0.39 is 0 Å². The molecular formula is C18H28N4O. The molecule has 3 aliphatic rings. The molecule has 1 spiro atoms. The van der Waals surface area contributed by atoms with Gasteiger partial charge in [0.15, 0.2) is 0 Å². The molecule has 5 heteroatoms. The minimum absolute atomic E-state index is 0.214. The first-order chi connectivity index (χ1) is 11.3. The van der Waals surface area contributed by atoms with Crippen LogP contribution in [0.1, 0.15) is 51.4 Å². The Morgan fingerprint density at radius 2 is 1.74 bits per heavy atom. The van der Waals surface area contributed by atoms with Crippen LogP contribution in [0.15, 0.2) is 12.4 Å². The van der Waals surface area contributed by atoms with E-state index in [0.29, 0.717) is 5.41 Å². The van der Waals surface area contributed by atoms with Gasteiger partial charge < -0.3 is 14.9 Å². The summed E-state index contributed by atoms with van der Waals surface area (Å²) in [7, 11) is 0. The van der Waals surface area contributed by atoms with Gasteiger partial charge >= 0.3 is 0 Å². The Hall–Kier alpha value is -1.36. The van der Waals surface area contributed by atoms with Crippen LogP contribution in [-0.4, -0.2) is 47.4 Å². The number of aromatic nitrogens is 2. The molecular weight excluding hydrogens is 288 g/mol. The molecule has 1 unspecified atom stereocenters. The smallest absolute Gasteiger partial charge is 0.134 e. The predicted octanol–water partition coefficient (Wildman–Crippen LogP) is 2.60. The number of anilines is 2. The van der Waals surface area contributed by atoms with Crippen LogP contribution in [0.5, 0.6) is 0 Å². The summed E-state index contributed by atoms with van der Waals surface area (Å²) in [5.74, 6) is 2.04. The summed E-state index contributed by atoms with van der Waals surface area (Å²) in [5, 5.41) is 9.54. The Kier molecular flexibility index (Phi) is 4.14. The van der Waals surface area contributed by atoms with E-state index in [1.54, 1.807) is 6.33 Å². The number of aliphatic hydroxyl groups is 1. The molecule has 23 heavy (non-hydrogen) atoms. The van der Waals surface area contributed by atoms with Crippen LogP contribution >= 0.6 is 0 Å². The van der Waals surface area contributed by atoms with Gasteiger partial charge in [-0.15, -0.1) is 0 Å². The average molecular weight is 316 g/mol. The second-order valence-corrected chi connectivity index (χ2v) is 7.60. The first-order valence-electron chi connectivity index (χ1n) is 9.24. The highest BCUT2D eigenvalue weighted by Crippen LogP contribution is 2.46. The summed E-state index contributed by atoms with van der Waals surface area (Å²) in [6.45, 7) is 3.45. The summed E-state index contributed by atoms with van der Waals surface area (Å²) < 4.78 is 0. The minimum atomic E-state index is 0.214. The predicted molar refractivity (Wildman–Crippen MR) is 91.8 cm³/mol. The molecule has 0 bridgehead atoms. The second-order valence-electron chi connectivity index (χ2n) is 7.60. The Morgan fingerprint density at radius 1 is 1.00 bits per heavy atom. The molecule has 3 fully saturated rings. The van der Waals surface area contributed by atoms with E-state index in [1.165, 1.54) is 38.5 Å². The van der Waals surface area contributed by atoms with Crippen molar-refractivity contribution in [3.63, 3.8) is 0 Å². The fourth-order valence-corrected chi connectivity index (χ4v) is 4.83. The highest BCUT2D eigenvalue weighted by molar-refractivity contribution is 5.51. The quantitative estimate of drug-likeness (QED) is 0.929. The molecule has 5 nitrogen and oxygen atoms in total. The zero-order valence-electron chi connectivity index (χ0n) is 14.0. The maximum absolute atomic E-state index is 9.54. The fourth-order valence-electron chi connectivity index (χ4n) is 4.83. The lowest BCUT2D eigenvalue weighted by Crippen LogP contribution is -2.39. The van der Waals surface area contributed by atoms with Crippen LogP contribution in [0.25, 0.3) is 0 Å². The zero-order chi connectivity index (χ0) is 15.7. The van der Waals surface area contributed by atoms with Crippen LogP contribution in [0.3, 0.4) is 0 Å². The Balaban J connectivity index is 1.46. The molecule has 0 amide bonds. The Morgan fingerprint density at radius 3 is 2.48 bits per heavy atom. The summed E-state index contributed by atoms with van der Waals surface area (Å²) in [6.07, 6.45) is 12.2. The van der Waals surface area contributed by atoms with Crippen molar-refractivity contribution in [2.24, 2.45) is 5.41 Å². The largest absolute Gasteiger partial charge is 0.394 e. The molecule has 1 saturated carbocycles. The van der Waals surface area contributed by atoms with E-state index in [4.69, 9.17) is 0 Å². The number of nitrogens with zero attached hydrogens (tertiary/aromatic N) is 4. The lowest BCUT2D eigenvalue weighted by atomic mass is 9.77. The number of rotatable bonds is 3. The van der Waals surface area contributed by atoms with Crippen molar-refractivity contribution in [1.82, 2.24) is 9.97 Å². The molecule has 1 atom stereocenters. The van der Waals surface area contributed by atoms with E-state index >= 15 is 0 Å². The third-order valence-electron chi connectivity index (χ3n) is 6.33. The maximum atomic E-state index is 9.54. The first-order valence-corrected chi connectivity index (χ1v) is 9.24. The van der Waals surface area contributed by atoms with Crippen molar-refractivity contribution in [3.05, 3.63) is 12.4 Å². The summed E-state index contributed by atoms with van der Waals surface area (Å²) in [6, 6.07) is 2.35. The normalized spacial score (nSPS) is 27.1. The second kappa shape index (κ2) is 6.27. The highest BCUT2D eigenvalue weighted by atomic mass is 16.3. The van der Waals surface area contributed by atoms with Gasteiger partial charge in [0.1, 0.15) is 18.0 Å². The van der Waals surface area contributed by atoms with Crippen molar-refractivity contribution in [3.8, 4) is 0 Å². The fraction of sp³-hybridized carbons (Fsp3) is 0.778.